The van der Waals surface area contributed by atoms with E-state index in [1.807, 2.05) is 13.8 Å². The van der Waals surface area contributed by atoms with Crippen LogP contribution in [0.4, 0.5) is 0 Å². The summed E-state index contributed by atoms with van der Waals surface area (Å²) in [5.41, 5.74) is -0.169. The van der Waals surface area contributed by atoms with Gasteiger partial charge in [-0.1, -0.05) is 0 Å². The molecule has 1 saturated heterocycles. The van der Waals surface area contributed by atoms with E-state index in [1.54, 1.807) is 4.90 Å². The van der Waals surface area contributed by atoms with Crippen LogP contribution in [0.25, 0.3) is 0 Å². The monoisotopic (exact) mass is 250 g/mol. The average Bonchev–Trinajstić information content (AvgIpc) is 2.31. The van der Waals surface area contributed by atoms with Crippen LogP contribution in [0.1, 0.15) is 24.2 Å². The number of piperazine rings is 1. The molecule has 1 aromatic rings. The number of hydrogen-bond acceptors (Lipinski definition) is 4. The van der Waals surface area contributed by atoms with Crippen molar-refractivity contribution in [1.29, 1.82) is 0 Å². The van der Waals surface area contributed by atoms with E-state index >= 15 is 0 Å². The lowest BCUT2D eigenvalue weighted by atomic mass is 9.98. The third-order valence-electron chi connectivity index (χ3n) is 3.26. The predicted molar refractivity (Wildman–Crippen MR) is 67.8 cm³/mol. The van der Waals surface area contributed by atoms with Crippen LogP contribution < -0.4 is 5.32 Å². The molecule has 5 nitrogen and oxygen atoms in total. The number of benzene rings is 1. The molecule has 0 bridgehead atoms. The summed E-state index contributed by atoms with van der Waals surface area (Å²) >= 11 is 0. The topological polar surface area (TPSA) is 72.8 Å². The van der Waals surface area contributed by atoms with Gasteiger partial charge in [-0.2, -0.15) is 0 Å². The highest BCUT2D eigenvalue weighted by Crippen LogP contribution is 2.27. The molecule has 0 spiro atoms. The first-order valence-electron chi connectivity index (χ1n) is 5.96. The van der Waals surface area contributed by atoms with E-state index < -0.39 is 0 Å². The third kappa shape index (κ3) is 2.26. The number of rotatable bonds is 1. The van der Waals surface area contributed by atoms with Crippen LogP contribution in [0, 0.1) is 0 Å². The van der Waals surface area contributed by atoms with Crippen LogP contribution in [0.3, 0.4) is 0 Å². The zero-order chi connectivity index (χ0) is 13.3. The second-order valence-corrected chi connectivity index (χ2v) is 5.15. The van der Waals surface area contributed by atoms with Gasteiger partial charge in [-0.15, -0.1) is 0 Å². The van der Waals surface area contributed by atoms with Gasteiger partial charge in [0.15, 0.2) is 0 Å². The van der Waals surface area contributed by atoms with Crippen molar-refractivity contribution >= 4 is 5.91 Å². The van der Waals surface area contributed by atoms with Crippen molar-refractivity contribution in [3.8, 4) is 11.5 Å². The molecule has 1 fully saturated rings. The van der Waals surface area contributed by atoms with E-state index in [1.165, 1.54) is 18.2 Å². The average molecular weight is 250 g/mol. The summed E-state index contributed by atoms with van der Waals surface area (Å²) in [6, 6.07) is 3.99. The van der Waals surface area contributed by atoms with Crippen molar-refractivity contribution in [1.82, 2.24) is 10.2 Å². The highest BCUT2D eigenvalue weighted by atomic mass is 16.3. The van der Waals surface area contributed by atoms with Gasteiger partial charge >= 0.3 is 0 Å². The molecule has 0 atom stereocenters. The molecule has 1 heterocycles. The highest BCUT2D eigenvalue weighted by molar-refractivity contribution is 5.97. The quantitative estimate of drug-likeness (QED) is 0.648. The van der Waals surface area contributed by atoms with Gasteiger partial charge < -0.3 is 20.4 Å². The summed E-state index contributed by atoms with van der Waals surface area (Å²) in [6.07, 6.45) is 0. The minimum Gasteiger partial charge on any atom is -0.508 e. The molecular weight excluding hydrogens is 232 g/mol. The second kappa shape index (κ2) is 4.49. The fraction of sp³-hybridized carbons (Fsp3) is 0.462. The van der Waals surface area contributed by atoms with E-state index in [2.05, 4.69) is 5.32 Å². The summed E-state index contributed by atoms with van der Waals surface area (Å²) in [4.78, 5) is 14.1. The first kappa shape index (κ1) is 12.7. The van der Waals surface area contributed by atoms with Crippen molar-refractivity contribution in [2.24, 2.45) is 0 Å². The smallest absolute Gasteiger partial charge is 0.258 e. The Balaban J connectivity index is 2.33. The lowest BCUT2D eigenvalue weighted by Gasteiger charge is -2.42. The molecule has 5 heteroatoms. The third-order valence-corrected chi connectivity index (χ3v) is 3.26. The van der Waals surface area contributed by atoms with Crippen molar-refractivity contribution in [2.75, 3.05) is 19.6 Å². The molecule has 0 aliphatic carbocycles. The van der Waals surface area contributed by atoms with E-state index in [-0.39, 0.29) is 28.5 Å². The maximum absolute atomic E-state index is 12.4. The maximum atomic E-state index is 12.4. The fourth-order valence-electron chi connectivity index (χ4n) is 2.20. The molecule has 0 saturated carbocycles. The van der Waals surface area contributed by atoms with Crippen molar-refractivity contribution < 1.29 is 15.0 Å². The van der Waals surface area contributed by atoms with Gasteiger partial charge in [-0.05, 0) is 32.0 Å². The Labute approximate surface area is 106 Å². The SMILES string of the molecule is CC1(C)CNCCN1C(=O)c1cc(O)ccc1O. The van der Waals surface area contributed by atoms with Gasteiger partial charge in [0, 0.05) is 19.6 Å². The number of hydrogen-bond donors (Lipinski definition) is 3. The summed E-state index contributed by atoms with van der Waals surface area (Å²) < 4.78 is 0. The Bertz CT molecular complexity index is 471. The normalized spacial score (nSPS) is 18.7. The van der Waals surface area contributed by atoms with Crippen LogP contribution in [0.5, 0.6) is 11.5 Å². The first-order valence-corrected chi connectivity index (χ1v) is 5.96. The van der Waals surface area contributed by atoms with Crippen LogP contribution >= 0.6 is 0 Å². The maximum Gasteiger partial charge on any atom is 0.258 e. The zero-order valence-corrected chi connectivity index (χ0v) is 10.6. The molecule has 98 valence electrons. The van der Waals surface area contributed by atoms with Crippen molar-refractivity contribution in [3.05, 3.63) is 23.8 Å². The Morgan fingerprint density at radius 3 is 2.78 bits per heavy atom. The van der Waals surface area contributed by atoms with Crippen molar-refractivity contribution in [3.63, 3.8) is 0 Å². The number of nitrogens with zero attached hydrogens (tertiary/aromatic N) is 1. The minimum atomic E-state index is -0.312. The van der Waals surface area contributed by atoms with Gasteiger partial charge in [0.1, 0.15) is 11.5 Å². The molecule has 1 aliphatic heterocycles. The zero-order valence-electron chi connectivity index (χ0n) is 10.6. The number of nitrogens with one attached hydrogen (secondary N) is 1. The summed E-state index contributed by atoms with van der Waals surface area (Å²) in [6.45, 7) is 5.96. The second-order valence-electron chi connectivity index (χ2n) is 5.15. The summed E-state index contributed by atoms with van der Waals surface area (Å²) in [7, 11) is 0. The van der Waals surface area contributed by atoms with Crippen molar-refractivity contribution in [2.45, 2.75) is 19.4 Å². The minimum absolute atomic E-state index is 0.0240. The van der Waals surface area contributed by atoms with Crippen LogP contribution in [0.15, 0.2) is 18.2 Å². The number of phenolic OH excluding ortho intramolecular Hbond substituents is 2. The lowest BCUT2D eigenvalue weighted by molar-refractivity contribution is 0.0474. The van der Waals surface area contributed by atoms with Gasteiger partial charge in [-0.3, -0.25) is 4.79 Å². The van der Waals surface area contributed by atoms with E-state index in [4.69, 9.17) is 0 Å². The first-order chi connectivity index (χ1) is 8.42. The number of phenols is 2. The molecule has 0 aromatic heterocycles. The van der Waals surface area contributed by atoms with E-state index in [0.717, 1.165) is 6.54 Å². The van der Waals surface area contributed by atoms with Gasteiger partial charge in [0.05, 0.1) is 11.1 Å². The molecule has 1 amide bonds. The fourth-order valence-corrected chi connectivity index (χ4v) is 2.20. The van der Waals surface area contributed by atoms with E-state index in [9.17, 15) is 15.0 Å². The van der Waals surface area contributed by atoms with Crippen LogP contribution in [-0.2, 0) is 0 Å². The molecule has 3 N–H and O–H groups in total. The Morgan fingerprint density at radius 1 is 1.39 bits per heavy atom. The van der Waals surface area contributed by atoms with Gasteiger partial charge in [0.25, 0.3) is 5.91 Å². The van der Waals surface area contributed by atoms with E-state index in [0.29, 0.717) is 13.1 Å². The molecule has 0 unspecified atom stereocenters. The molecular formula is C13H18N2O3. The largest absolute Gasteiger partial charge is 0.508 e. The molecule has 0 radical (unpaired) electrons. The Kier molecular flexibility index (Phi) is 3.17. The molecule has 1 aliphatic rings. The highest BCUT2D eigenvalue weighted by Gasteiger charge is 2.34. The number of aromatic hydroxyl groups is 2. The molecule has 18 heavy (non-hydrogen) atoms. The number of carbonyl (C=O) groups excluding carboxylic acids is 1. The summed E-state index contributed by atoms with van der Waals surface area (Å²) in [5.74, 6) is -0.383. The van der Waals surface area contributed by atoms with Gasteiger partial charge in [-0.25, -0.2) is 0 Å². The molecule has 2 rings (SSSR count). The Morgan fingerprint density at radius 2 is 2.11 bits per heavy atom. The standard InChI is InChI=1S/C13H18N2O3/c1-13(2)8-14-5-6-15(13)12(18)10-7-9(16)3-4-11(10)17/h3-4,7,14,16-17H,5-6,8H2,1-2H3. The number of carbonyl (C=O) groups is 1. The van der Waals surface area contributed by atoms with Crippen LogP contribution in [-0.4, -0.2) is 46.2 Å². The van der Waals surface area contributed by atoms with Crippen LogP contribution in [0.2, 0.25) is 0 Å². The lowest BCUT2D eigenvalue weighted by Crippen LogP contribution is -2.59. The van der Waals surface area contributed by atoms with Gasteiger partial charge in [0.2, 0.25) is 0 Å². The number of amides is 1. The Hall–Kier alpha value is -1.75. The predicted octanol–water partition coefficient (Wildman–Crippen LogP) is 0.922. The molecule has 1 aromatic carbocycles. The summed E-state index contributed by atoms with van der Waals surface area (Å²) in [5, 5.41) is 22.4.